The Balaban J connectivity index is 2.56. The van der Waals surface area contributed by atoms with Crippen molar-refractivity contribution >= 4 is 17.3 Å². The van der Waals surface area contributed by atoms with Gasteiger partial charge in [-0.1, -0.05) is 50.6 Å². The molecule has 0 aliphatic rings. The van der Waals surface area contributed by atoms with E-state index >= 15 is 0 Å². The molecule has 1 N–H and O–H groups in total. The van der Waals surface area contributed by atoms with Gasteiger partial charge < -0.3 is 10.0 Å². The maximum absolute atomic E-state index is 11.1. The molecule has 0 bridgehead atoms. The molecule has 0 spiro atoms. The highest BCUT2D eigenvalue weighted by Gasteiger charge is 2.22. The van der Waals surface area contributed by atoms with Crippen molar-refractivity contribution in [2.24, 2.45) is 5.18 Å². The minimum atomic E-state index is -0.161. The molecule has 1 atom stereocenters. The zero-order valence-corrected chi connectivity index (χ0v) is 17.6. The number of nitrogens with zero attached hydrogens (tertiary/aromatic N) is 2. The van der Waals surface area contributed by atoms with Crippen LogP contribution in [0.2, 0.25) is 5.02 Å². The number of phenolic OH excluding ortho intramolecular Hbond substituents is 1. The highest BCUT2D eigenvalue weighted by Crippen LogP contribution is 2.43. The zero-order valence-electron chi connectivity index (χ0n) is 16.8. The highest BCUT2D eigenvalue weighted by atomic mass is 35.5. The van der Waals surface area contributed by atoms with Gasteiger partial charge in [0.2, 0.25) is 0 Å². The smallest absolute Gasteiger partial charge is 0.168 e. The molecular weight excluding hydrogens is 360 g/mol. The number of benzene rings is 2. The third kappa shape index (κ3) is 4.69. The molecule has 0 radical (unpaired) electrons. The van der Waals surface area contributed by atoms with Crippen LogP contribution in [0, 0.1) is 4.91 Å². The second-order valence-electron chi connectivity index (χ2n) is 7.23. The predicted molar refractivity (Wildman–Crippen MR) is 114 cm³/mol. The van der Waals surface area contributed by atoms with Gasteiger partial charge in [0.1, 0.15) is 5.75 Å². The quantitative estimate of drug-likeness (QED) is 0.579. The molecule has 1 unspecified atom stereocenters. The third-order valence-corrected chi connectivity index (χ3v) is 5.62. The van der Waals surface area contributed by atoms with Crippen molar-refractivity contribution in [1.29, 1.82) is 0 Å². The molecule has 27 heavy (non-hydrogen) atoms. The van der Waals surface area contributed by atoms with Crippen molar-refractivity contribution in [3.05, 3.63) is 62.0 Å². The van der Waals surface area contributed by atoms with Gasteiger partial charge in [0, 0.05) is 12.5 Å². The molecule has 0 fully saturated rings. The van der Waals surface area contributed by atoms with Gasteiger partial charge in [0.05, 0.1) is 5.02 Å². The maximum atomic E-state index is 11.1. The second kappa shape index (κ2) is 9.34. The van der Waals surface area contributed by atoms with E-state index < -0.39 is 0 Å². The number of hydrogen-bond acceptors (Lipinski definition) is 4. The van der Waals surface area contributed by atoms with Crippen LogP contribution in [0.15, 0.2) is 29.4 Å². The van der Waals surface area contributed by atoms with Crippen LogP contribution >= 0.6 is 11.6 Å². The largest absolute Gasteiger partial charge is 0.505 e. The number of rotatable bonds is 8. The highest BCUT2D eigenvalue weighted by molar-refractivity contribution is 6.34. The van der Waals surface area contributed by atoms with Gasteiger partial charge in [-0.05, 0) is 72.4 Å². The maximum Gasteiger partial charge on any atom is 0.168 e. The first kappa shape index (κ1) is 21.4. The number of phenols is 1. The fourth-order valence-corrected chi connectivity index (χ4v) is 3.85. The first-order valence-electron chi connectivity index (χ1n) is 9.47. The van der Waals surface area contributed by atoms with E-state index in [2.05, 4.69) is 49.0 Å². The molecule has 5 heteroatoms. The monoisotopic (exact) mass is 388 g/mol. The minimum Gasteiger partial charge on any atom is -0.505 e. The SMILES string of the molecule is CCc1ccc(C(C)c2cc(O)c(N=O)c(Cl)c2CCN(C)C)cc1CC. The van der Waals surface area contributed by atoms with Gasteiger partial charge in [-0.25, -0.2) is 0 Å². The molecule has 0 heterocycles. The van der Waals surface area contributed by atoms with Crippen LogP contribution in [0.1, 0.15) is 54.5 Å². The Morgan fingerprint density at radius 3 is 2.37 bits per heavy atom. The van der Waals surface area contributed by atoms with Gasteiger partial charge >= 0.3 is 0 Å². The van der Waals surface area contributed by atoms with Crippen molar-refractivity contribution in [3.63, 3.8) is 0 Å². The van der Waals surface area contributed by atoms with E-state index in [-0.39, 0.29) is 22.4 Å². The summed E-state index contributed by atoms with van der Waals surface area (Å²) in [4.78, 5) is 13.2. The lowest BCUT2D eigenvalue weighted by atomic mass is 9.86. The Morgan fingerprint density at radius 1 is 1.15 bits per heavy atom. The summed E-state index contributed by atoms with van der Waals surface area (Å²) in [6.45, 7) is 7.23. The number of aromatic hydroxyl groups is 1. The number of halogens is 1. The summed E-state index contributed by atoms with van der Waals surface area (Å²) in [5.41, 5.74) is 5.64. The summed E-state index contributed by atoms with van der Waals surface area (Å²) in [5.74, 6) is -0.117. The first-order valence-corrected chi connectivity index (χ1v) is 9.85. The molecule has 0 amide bonds. The summed E-state index contributed by atoms with van der Waals surface area (Å²) in [5, 5.41) is 13.5. The van der Waals surface area contributed by atoms with Crippen LogP contribution in [0.4, 0.5) is 5.69 Å². The molecule has 0 saturated carbocycles. The van der Waals surface area contributed by atoms with Crippen LogP contribution in [-0.2, 0) is 19.3 Å². The molecule has 146 valence electrons. The van der Waals surface area contributed by atoms with Crippen LogP contribution in [0.3, 0.4) is 0 Å². The van der Waals surface area contributed by atoms with Gasteiger partial charge in [-0.3, -0.25) is 0 Å². The molecule has 2 aromatic rings. The fraction of sp³-hybridized carbons (Fsp3) is 0.455. The standard InChI is InChI=1S/C22H29ClN2O2/c1-6-15-8-9-17(12-16(15)7-2)14(3)19-13-20(26)22(24-27)21(23)18(19)10-11-25(4)5/h8-9,12-14,26H,6-7,10-11H2,1-5H3. The van der Waals surface area contributed by atoms with Crippen molar-refractivity contribution in [2.75, 3.05) is 20.6 Å². The molecule has 2 aromatic carbocycles. The summed E-state index contributed by atoms with van der Waals surface area (Å²) in [7, 11) is 3.99. The summed E-state index contributed by atoms with van der Waals surface area (Å²) < 4.78 is 0. The molecular formula is C22H29ClN2O2. The Morgan fingerprint density at radius 2 is 1.81 bits per heavy atom. The molecule has 0 aliphatic heterocycles. The van der Waals surface area contributed by atoms with E-state index in [1.165, 1.54) is 16.7 Å². The molecule has 0 aliphatic carbocycles. The lowest BCUT2D eigenvalue weighted by Crippen LogP contribution is -2.16. The average molecular weight is 389 g/mol. The third-order valence-electron chi connectivity index (χ3n) is 5.22. The normalized spacial score (nSPS) is 12.4. The van der Waals surface area contributed by atoms with Crippen LogP contribution in [-0.4, -0.2) is 30.6 Å². The predicted octanol–water partition coefficient (Wildman–Crippen LogP) is 5.82. The lowest BCUT2D eigenvalue weighted by molar-refractivity contribution is 0.412. The number of aryl methyl sites for hydroxylation is 2. The van der Waals surface area contributed by atoms with Crippen molar-refractivity contribution in [2.45, 2.75) is 46.0 Å². The van der Waals surface area contributed by atoms with Gasteiger partial charge in [-0.15, -0.1) is 4.91 Å². The Hall–Kier alpha value is -1.91. The number of likely N-dealkylation sites (N-methyl/N-ethyl adjacent to an activating group) is 1. The molecule has 4 nitrogen and oxygen atoms in total. The van der Waals surface area contributed by atoms with Crippen molar-refractivity contribution in [3.8, 4) is 5.75 Å². The number of nitroso groups, excluding NO2 is 1. The van der Waals surface area contributed by atoms with E-state index in [1.807, 2.05) is 14.1 Å². The number of hydrogen-bond donors (Lipinski definition) is 1. The lowest BCUT2D eigenvalue weighted by Gasteiger charge is -2.22. The average Bonchev–Trinajstić information content (AvgIpc) is 2.65. The molecule has 0 aromatic heterocycles. The van der Waals surface area contributed by atoms with E-state index in [4.69, 9.17) is 11.6 Å². The second-order valence-corrected chi connectivity index (χ2v) is 7.61. The van der Waals surface area contributed by atoms with Crippen LogP contribution < -0.4 is 0 Å². The Labute approximate surface area is 167 Å². The summed E-state index contributed by atoms with van der Waals surface area (Å²) in [6.07, 6.45) is 2.68. The van der Waals surface area contributed by atoms with E-state index in [0.29, 0.717) is 6.42 Å². The van der Waals surface area contributed by atoms with E-state index in [0.717, 1.165) is 30.5 Å². The first-order chi connectivity index (χ1) is 12.8. The summed E-state index contributed by atoms with van der Waals surface area (Å²) in [6, 6.07) is 8.23. The minimum absolute atomic E-state index is 0.0440. The Bertz CT molecular complexity index is 818. The summed E-state index contributed by atoms with van der Waals surface area (Å²) >= 11 is 6.47. The van der Waals surface area contributed by atoms with E-state index in [1.54, 1.807) is 6.07 Å². The van der Waals surface area contributed by atoms with Crippen LogP contribution in [0.5, 0.6) is 5.75 Å². The van der Waals surface area contributed by atoms with Gasteiger partial charge in [0.25, 0.3) is 0 Å². The van der Waals surface area contributed by atoms with Gasteiger partial charge in [-0.2, -0.15) is 0 Å². The van der Waals surface area contributed by atoms with Crippen molar-refractivity contribution in [1.82, 2.24) is 4.90 Å². The van der Waals surface area contributed by atoms with Gasteiger partial charge in [0.15, 0.2) is 5.69 Å². The molecule has 2 rings (SSSR count). The fourth-order valence-electron chi connectivity index (χ4n) is 3.52. The van der Waals surface area contributed by atoms with Crippen molar-refractivity contribution < 1.29 is 5.11 Å². The Kier molecular flexibility index (Phi) is 7.40. The topological polar surface area (TPSA) is 52.9 Å². The van der Waals surface area contributed by atoms with Crippen LogP contribution in [0.25, 0.3) is 0 Å². The van der Waals surface area contributed by atoms with E-state index in [9.17, 15) is 10.0 Å². The molecule has 0 saturated heterocycles. The zero-order chi connectivity index (χ0) is 20.1.